The Morgan fingerprint density at radius 3 is 2.70 bits per heavy atom. The third-order valence-corrected chi connectivity index (χ3v) is 6.19. The Balaban J connectivity index is 2.09. The number of hydrogen-bond acceptors (Lipinski definition) is 4. The van der Waals surface area contributed by atoms with Crippen LogP contribution in [0.15, 0.2) is 24.3 Å². The Morgan fingerprint density at radius 2 is 2.04 bits per heavy atom. The zero-order valence-corrected chi connectivity index (χ0v) is 14.8. The minimum absolute atomic E-state index is 0.00719. The number of amides is 1. The Hall–Kier alpha value is -1.56. The molecule has 0 N–H and O–H groups in total. The van der Waals surface area contributed by atoms with E-state index in [4.69, 9.17) is 4.74 Å². The average Bonchev–Trinajstić information content (AvgIpc) is 2.54. The van der Waals surface area contributed by atoms with Gasteiger partial charge in [-0.1, -0.05) is 25.1 Å². The van der Waals surface area contributed by atoms with Crippen LogP contribution in [0.3, 0.4) is 0 Å². The maximum atomic E-state index is 12.8. The van der Waals surface area contributed by atoms with Gasteiger partial charge in [0.05, 0.1) is 11.7 Å². The Morgan fingerprint density at radius 1 is 1.35 bits per heavy atom. The first-order valence-electron chi connectivity index (χ1n) is 8.09. The molecule has 128 valence electrons. The smallest absolute Gasteiger partial charge is 0.229 e. The molecule has 0 spiro atoms. The minimum Gasteiger partial charge on any atom is -0.492 e. The lowest BCUT2D eigenvalue weighted by molar-refractivity contribution is -0.138. The lowest BCUT2D eigenvalue weighted by Gasteiger charge is -2.33. The normalized spacial score (nSPS) is 18.7. The SMILES string of the molecule is CCN(C(=O)[C@H]1COc2ccccc2C1)[C@H](C)CS(=O)(=O)CC. The first-order chi connectivity index (χ1) is 10.9. The zero-order valence-electron chi connectivity index (χ0n) is 14.0. The highest BCUT2D eigenvalue weighted by Crippen LogP contribution is 2.28. The van der Waals surface area contributed by atoms with Gasteiger partial charge in [0.2, 0.25) is 5.91 Å². The van der Waals surface area contributed by atoms with Crippen LogP contribution < -0.4 is 4.74 Å². The molecule has 6 heteroatoms. The third kappa shape index (κ3) is 4.25. The molecule has 0 aliphatic carbocycles. The molecule has 1 aliphatic rings. The molecule has 0 radical (unpaired) electrons. The van der Waals surface area contributed by atoms with Crippen molar-refractivity contribution < 1.29 is 17.9 Å². The number of carbonyl (C=O) groups is 1. The van der Waals surface area contributed by atoms with Crippen molar-refractivity contribution in [2.45, 2.75) is 33.2 Å². The van der Waals surface area contributed by atoms with Gasteiger partial charge in [0, 0.05) is 18.3 Å². The first kappa shape index (κ1) is 17.8. The average molecular weight is 339 g/mol. The summed E-state index contributed by atoms with van der Waals surface area (Å²) in [7, 11) is -3.11. The topological polar surface area (TPSA) is 63.7 Å². The molecule has 0 bridgehead atoms. The van der Waals surface area contributed by atoms with Crippen molar-refractivity contribution in [1.82, 2.24) is 4.90 Å². The van der Waals surface area contributed by atoms with Gasteiger partial charge in [0.25, 0.3) is 0 Å². The van der Waals surface area contributed by atoms with Crippen molar-refractivity contribution in [1.29, 1.82) is 0 Å². The van der Waals surface area contributed by atoms with Gasteiger partial charge in [0.15, 0.2) is 9.84 Å². The van der Waals surface area contributed by atoms with E-state index in [-0.39, 0.29) is 29.4 Å². The fraction of sp³-hybridized carbons (Fsp3) is 0.588. The number of rotatable bonds is 6. The fourth-order valence-electron chi connectivity index (χ4n) is 2.98. The van der Waals surface area contributed by atoms with Crippen LogP contribution in [0.5, 0.6) is 5.75 Å². The number of sulfone groups is 1. The van der Waals surface area contributed by atoms with E-state index in [2.05, 4.69) is 0 Å². The van der Waals surface area contributed by atoms with Crippen LogP contribution in [-0.4, -0.2) is 49.9 Å². The molecule has 0 aromatic heterocycles. The van der Waals surface area contributed by atoms with E-state index in [9.17, 15) is 13.2 Å². The summed E-state index contributed by atoms with van der Waals surface area (Å²) in [6, 6.07) is 7.40. The molecule has 0 fully saturated rings. The lowest BCUT2D eigenvalue weighted by Crippen LogP contribution is -2.47. The van der Waals surface area contributed by atoms with Gasteiger partial charge in [-0.25, -0.2) is 8.42 Å². The van der Waals surface area contributed by atoms with Gasteiger partial charge in [-0.2, -0.15) is 0 Å². The van der Waals surface area contributed by atoms with Gasteiger partial charge in [0.1, 0.15) is 12.4 Å². The standard InChI is InChI=1S/C17H25NO4S/c1-4-18(13(3)12-23(20,21)5-2)17(19)15-10-14-8-6-7-9-16(14)22-11-15/h6-9,13,15H,4-5,10-12H2,1-3H3/t13-,15-/m1/s1. The summed E-state index contributed by atoms with van der Waals surface area (Å²) < 4.78 is 29.3. The van der Waals surface area contributed by atoms with Gasteiger partial charge >= 0.3 is 0 Å². The summed E-state index contributed by atoms with van der Waals surface area (Å²) in [4.78, 5) is 14.5. The van der Waals surface area contributed by atoms with Crippen LogP contribution >= 0.6 is 0 Å². The molecule has 0 saturated carbocycles. The Labute approximate surface area is 138 Å². The molecule has 1 amide bonds. The maximum Gasteiger partial charge on any atom is 0.229 e. The number of benzene rings is 1. The quantitative estimate of drug-likeness (QED) is 0.794. The van der Waals surface area contributed by atoms with Crippen LogP contribution in [0.25, 0.3) is 0 Å². The molecule has 1 aromatic carbocycles. The number of ether oxygens (including phenoxy) is 1. The van der Waals surface area contributed by atoms with Crippen molar-refractivity contribution in [3.63, 3.8) is 0 Å². The number of para-hydroxylation sites is 1. The number of nitrogens with zero attached hydrogens (tertiary/aromatic N) is 1. The molecule has 1 heterocycles. The van der Waals surface area contributed by atoms with E-state index in [1.54, 1.807) is 18.7 Å². The van der Waals surface area contributed by atoms with E-state index in [1.807, 2.05) is 31.2 Å². The van der Waals surface area contributed by atoms with Gasteiger partial charge < -0.3 is 9.64 Å². The largest absolute Gasteiger partial charge is 0.492 e. The molecule has 0 saturated heterocycles. The summed E-state index contributed by atoms with van der Waals surface area (Å²) in [6.07, 6.45) is 0.638. The monoisotopic (exact) mass is 339 g/mol. The number of carbonyl (C=O) groups excluding carboxylic acids is 1. The van der Waals surface area contributed by atoms with E-state index < -0.39 is 9.84 Å². The summed E-state index contributed by atoms with van der Waals surface area (Å²) in [6.45, 7) is 6.15. The highest BCUT2D eigenvalue weighted by atomic mass is 32.2. The van der Waals surface area contributed by atoms with Crippen molar-refractivity contribution in [3.8, 4) is 5.75 Å². The Bertz CT molecular complexity index is 656. The van der Waals surface area contributed by atoms with E-state index in [1.165, 1.54) is 0 Å². The van der Waals surface area contributed by atoms with Crippen LogP contribution in [0, 0.1) is 5.92 Å². The van der Waals surface area contributed by atoms with Crippen molar-refractivity contribution in [2.75, 3.05) is 24.7 Å². The predicted octanol–water partition coefficient (Wildman–Crippen LogP) is 1.91. The molecule has 1 aliphatic heterocycles. The summed E-state index contributed by atoms with van der Waals surface area (Å²) in [5, 5.41) is 0. The number of fused-ring (bicyclic) bond motifs is 1. The lowest BCUT2D eigenvalue weighted by atomic mass is 9.95. The molecular weight excluding hydrogens is 314 g/mol. The number of hydrogen-bond donors (Lipinski definition) is 0. The second-order valence-electron chi connectivity index (χ2n) is 5.99. The van der Waals surface area contributed by atoms with Crippen LogP contribution in [0.1, 0.15) is 26.3 Å². The highest BCUT2D eigenvalue weighted by Gasteiger charge is 2.32. The van der Waals surface area contributed by atoms with Crippen molar-refractivity contribution >= 4 is 15.7 Å². The summed E-state index contributed by atoms with van der Waals surface area (Å²) in [5.74, 6) is 0.662. The fourth-order valence-corrected chi connectivity index (χ4v) is 4.13. The minimum atomic E-state index is -3.11. The van der Waals surface area contributed by atoms with Crippen molar-refractivity contribution in [3.05, 3.63) is 29.8 Å². The molecule has 5 nitrogen and oxygen atoms in total. The summed E-state index contributed by atoms with van der Waals surface area (Å²) >= 11 is 0. The highest BCUT2D eigenvalue weighted by molar-refractivity contribution is 7.91. The second kappa shape index (κ2) is 7.34. The van der Waals surface area contributed by atoms with E-state index in [0.717, 1.165) is 11.3 Å². The second-order valence-corrected chi connectivity index (χ2v) is 8.39. The zero-order chi connectivity index (χ0) is 17.0. The van der Waals surface area contributed by atoms with Gasteiger partial charge in [-0.3, -0.25) is 4.79 Å². The van der Waals surface area contributed by atoms with Crippen molar-refractivity contribution in [2.24, 2.45) is 5.92 Å². The molecule has 2 rings (SSSR count). The molecule has 2 atom stereocenters. The van der Waals surface area contributed by atoms with E-state index in [0.29, 0.717) is 19.6 Å². The first-order valence-corrected chi connectivity index (χ1v) is 9.91. The maximum absolute atomic E-state index is 12.8. The molecule has 23 heavy (non-hydrogen) atoms. The molecular formula is C17H25NO4S. The van der Waals surface area contributed by atoms with Crippen LogP contribution in [0.4, 0.5) is 0 Å². The predicted molar refractivity (Wildman–Crippen MR) is 90.3 cm³/mol. The molecule has 1 aromatic rings. The van der Waals surface area contributed by atoms with Gasteiger partial charge in [-0.15, -0.1) is 0 Å². The molecule has 0 unspecified atom stereocenters. The van der Waals surface area contributed by atoms with Crippen LogP contribution in [-0.2, 0) is 21.1 Å². The third-order valence-electron chi connectivity index (χ3n) is 4.32. The summed E-state index contributed by atoms with van der Waals surface area (Å²) in [5.41, 5.74) is 1.03. The van der Waals surface area contributed by atoms with E-state index >= 15 is 0 Å². The Kier molecular flexibility index (Phi) is 5.68. The van der Waals surface area contributed by atoms with Gasteiger partial charge in [-0.05, 0) is 31.9 Å². The van der Waals surface area contributed by atoms with Crippen LogP contribution in [0.2, 0.25) is 0 Å².